The van der Waals surface area contributed by atoms with E-state index in [1.807, 2.05) is 0 Å². The quantitative estimate of drug-likeness (QED) is 0.759. The summed E-state index contributed by atoms with van der Waals surface area (Å²) < 4.78 is 40.6. The molecular formula is C20H20F3NO3. The predicted octanol–water partition coefficient (Wildman–Crippen LogP) is 5.11. The van der Waals surface area contributed by atoms with Crippen LogP contribution in [-0.4, -0.2) is 30.2 Å². The summed E-state index contributed by atoms with van der Waals surface area (Å²) in [5, 5.41) is 9.32. The van der Waals surface area contributed by atoms with Crippen molar-refractivity contribution in [1.82, 2.24) is 0 Å². The minimum atomic E-state index is -4.58. The average molecular weight is 379 g/mol. The lowest BCUT2D eigenvalue weighted by Gasteiger charge is -2.24. The van der Waals surface area contributed by atoms with E-state index in [-0.39, 0.29) is 24.1 Å². The molecule has 0 fully saturated rings. The summed E-state index contributed by atoms with van der Waals surface area (Å²) in [5.74, 6) is -3.74. The summed E-state index contributed by atoms with van der Waals surface area (Å²) in [6.45, 7) is 1.61. The summed E-state index contributed by atoms with van der Waals surface area (Å²) in [6.07, 6.45) is -4.57. The Morgan fingerprint density at radius 2 is 1.74 bits per heavy atom. The number of benzene rings is 2. The van der Waals surface area contributed by atoms with Crippen molar-refractivity contribution >= 4 is 17.6 Å². The second-order valence-electron chi connectivity index (χ2n) is 6.19. The highest BCUT2D eigenvalue weighted by Crippen LogP contribution is 2.41. The third-order valence-corrected chi connectivity index (χ3v) is 4.33. The fourth-order valence-corrected chi connectivity index (χ4v) is 2.92. The van der Waals surface area contributed by atoms with Crippen LogP contribution in [-0.2, 0) is 0 Å². The van der Waals surface area contributed by atoms with E-state index in [9.17, 15) is 27.9 Å². The Labute approximate surface area is 155 Å². The molecule has 0 bridgehead atoms. The molecule has 2 aromatic carbocycles. The van der Waals surface area contributed by atoms with Crippen LogP contribution in [0.2, 0.25) is 0 Å². The molecule has 1 atom stereocenters. The molecule has 0 aliphatic heterocycles. The molecule has 0 radical (unpaired) electrons. The molecule has 0 aliphatic rings. The van der Waals surface area contributed by atoms with E-state index in [0.29, 0.717) is 5.56 Å². The molecule has 144 valence electrons. The van der Waals surface area contributed by atoms with Crippen LogP contribution < -0.4 is 4.90 Å². The molecule has 2 rings (SSSR count). The van der Waals surface area contributed by atoms with Gasteiger partial charge in [-0.25, -0.2) is 4.79 Å². The molecule has 4 nitrogen and oxygen atoms in total. The first-order valence-electron chi connectivity index (χ1n) is 8.43. The van der Waals surface area contributed by atoms with Crippen molar-refractivity contribution in [2.45, 2.75) is 31.9 Å². The number of anilines is 1. The molecule has 0 spiro atoms. The second kappa shape index (κ2) is 8.24. The largest absolute Gasteiger partial charge is 0.478 e. The van der Waals surface area contributed by atoms with Crippen molar-refractivity contribution < 1.29 is 27.9 Å². The Kier molecular flexibility index (Phi) is 6.25. The Bertz CT molecular complexity index is 819. The Balaban J connectivity index is 2.51. The molecule has 7 heteroatoms. The average Bonchev–Trinajstić information content (AvgIpc) is 2.64. The van der Waals surface area contributed by atoms with Gasteiger partial charge in [0.25, 0.3) is 5.91 Å². The number of nitrogens with zero attached hydrogens (tertiary/aromatic N) is 1. The summed E-state index contributed by atoms with van der Waals surface area (Å²) in [4.78, 5) is 25.2. The number of aromatic carboxylic acids is 1. The number of carboxylic acid groups (broad SMARTS) is 1. The number of carboxylic acids is 1. The number of alkyl halides is 3. The maximum Gasteiger partial charge on any atom is 0.395 e. The van der Waals surface area contributed by atoms with Gasteiger partial charge in [0.15, 0.2) is 0 Å². The number of carbonyl (C=O) groups is 2. The number of carbonyl (C=O) groups excluding carboxylic acids is 1. The lowest BCUT2D eigenvalue weighted by Crippen LogP contribution is -2.27. The monoisotopic (exact) mass is 379 g/mol. The smallest absolute Gasteiger partial charge is 0.395 e. The topological polar surface area (TPSA) is 57.6 Å². The Morgan fingerprint density at radius 3 is 2.26 bits per heavy atom. The zero-order valence-corrected chi connectivity index (χ0v) is 15.0. The van der Waals surface area contributed by atoms with Crippen molar-refractivity contribution in [1.29, 1.82) is 0 Å². The van der Waals surface area contributed by atoms with Gasteiger partial charge in [-0.15, -0.1) is 0 Å². The van der Waals surface area contributed by atoms with Gasteiger partial charge in [-0.05, 0) is 42.3 Å². The molecule has 0 aliphatic carbocycles. The molecule has 0 saturated heterocycles. The van der Waals surface area contributed by atoms with Crippen molar-refractivity contribution in [3.05, 3.63) is 65.2 Å². The van der Waals surface area contributed by atoms with Gasteiger partial charge in [-0.3, -0.25) is 4.79 Å². The van der Waals surface area contributed by atoms with Crippen LogP contribution in [0.15, 0.2) is 48.5 Å². The number of rotatable bonds is 6. The van der Waals surface area contributed by atoms with Crippen LogP contribution in [0.3, 0.4) is 0 Å². The fourth-order valence-electron chi connectivity index (χ4n) is 2.92. The fraction of sp³-hybridized carbons (Fsp3) is 0.300. The van der Waals surface area contributed by atoms with E-state index < -0.39 is 29.5 Å². The van der Waals surface area contributed by atoms with Gasteiger partial charge in [0.05, 0.1) is 11.5 Å². The zero-order chi connectivity index (χ0) is 20.2. The van der Waals surface area contributed by atoms with E-state index in [1.165, 1.54) is 18.0 Å². The highest BCUT2D eigenvalue weighted by Gasteiger charge is 2.42. The summed E-state index contributed by atoms with van der Waals surface area (Å²) >= 11 is 0. The first-order valence-corrected chi connectivity index (χ1v) is 8.43. The highest BCUT2D eigenvalue weighted by atomic mass is 19.4. The normalized spacial score (nSPS) is 12.5. The van der Waals surface area contributed by atoms with E-state index >= 15 is 0 Å². The van der Waals surface area contributed by atoms with Crippen LogP contribution in [0.1, 0.15) is 52.0 Å². The molecular weight excluding hydrogens is 359 g/mol. The minimum Gasteiger partial charge on any atom is -0.478 e. The van der Waals surface area contributed by atoms with Crippen molar-refractivity contribution in [3.63, 3.8) is 0 Å². The minimum absolute atomic E-state index is 0.203. The van der Waals surface area contributed by atoms with E-state index in [1.54, 1.807) is 37.3 Å². The summed E-state index contributed by atoms with van der Waals surface area (Å²) in [7, 11) is 1.44. The lowest BCUT2D eigenvalue weighted by atomic mass is 9.89. The maximum absolute atomic E-state index is 13.5. The molecule has 1 N–H and O–H groups in total. The molecule has 1 unspecified atom stereocenters. The summed E-state index contributed by atoms with van der Waals surface area (Å²) in [6, 6.07) is 11.9. The van der Waals surface area contributed by atoms with E-state index in [4.69, 9.17) is 0 Å². The first-order chi connectivity index (χ1) is 12.7. The van der Waals surface area contributed by atoms with Crippen LogP contribution in [0.25, 0.3) is 0 Å². The number of amides is 1. The third-order valence-electron chi connectivity index (χ3n) is 4.33. The van der Waals surface area contributed by atoms with Crippen molar-refractivity contribution in [3.8, 4) is 0 Å². The second-order valence-corrected chi connectivity index (χ2v) is 6.19. The van der Waals surface area contributed by atoms with Crippen molar-refractivity contribution in [2.24, 2.45) is 0 Å². The Hall–Kier alpha value is -2.83. The van der Waals surface area contributed by atoms with Gasteiger partial charge in [0.2, 0.25) is 0 Å². The van der Waals surface area contributed by atoms with Crippen LogP contribution in [0.5, 0.6) is 0 Å². The molecule has 0 saturated carbocycles. The van der Waals surface area contributed by atoms with E-state index in [0.717, 1.165) is 12.1 Å². The predicted molar refractivity (Wildman–Crippen MR) is 96.3 cm³/mol. The number of halogens is 3. The molecule has 1 amide bonds. The van der Waals surface area contributed by atoms with Crippen LogP contribution in [0, 0.1) is 0 Å². The van der Waals surface area contributed by atoms with Gasteiger partial charge in [0.1, 0.15) is 0 Å². The highest BCUT2D eigenvalue weighted by molar-refractivity contribution is 6.06. The molecule has 27 heavy (non-hydrogen) atoms. The van der Waals surface area contributed by atoms with Gasteiger partial charge in [-0.2, -0.15) is 13.2 Å². The van der Waals surface area contributed by atoms with Gasteiger partial charge >= 0.3 is 12.1 Å². The van der Waals surface area contributed by atoms with Crippen LogP contribution >= 0.6 is 0 Å². The standard InChI is InChI=1S/C20H20F3NO3/c1-3-7-17(20(21,22)23)16-12-14(10-11-15(16)19(26)27)24(2)18(25)13-8-5-4-6-9-13/h4-6,8-12,17H,3,7H2,1-2H3,(H,26,27). The number of hydrogen-bond acceptors (Lipinski definition) is 2. The zero-order valence-electron chi connectivity index (χ0n) is 15.0. The summed E-state index contributed by atoms with van der Waals surface area (Å²) in [5.41, 5.74) is -0.156. The number of hydrogen-bond donors (Lipinski definition) is 1. The Morgan fingerprint density at radius 1 is 1.11 bits per heavy atom. The van der Waals surface area contributed by atoms with Gasteiger partial charge in [0, 0.05) is 18.3 Å². The molecule has 2 aromatic rings. The third kappa shape index (κ3) is 4.67. The van der Waals surface area contributed by atoms with Gasteiger partial charge < -0.3 is 10.0 Å². The first kappa shape index (κ1) is 20.5. The van der Waals surface area contributed by atoms with E-state index in [2.05, 4.69) is 0 Å². The lowest BCUT2D eigenvalue weighted by molar-refractivity contribution is -0.152. The molecule has 0 aromatic heterocycles. The SMILES string of the molecule is CCCC(c1cc(N(C)C(=O)c2ccccc2)ccc1C(=O)O)C(F)(F)F. The molecule has 0 heterocycles. The van der Waals surface area contributed by atoms with Crippen molar-refractivity contribution in [2.75, 3.05) is 11.9 Å². The van der Waals surface area contributed by atoms with Gasteiger partial charge in [-0.1, -0.05) is 31.5 Å². The maximum atomic E-state index is 13.5. The van der Waals surface area contributed by atoms with Crippen LogP contribution in [0.4, 0.5) is 18.9 Å².